The zero-order valence-electron chi connectivity index (χ0n) is 9.76. The Hall–Kier alpha value is 0.310. The van der Waals surface area contributed by atoms with E-state index in [1.165, 1.54) is 12.2 Å². The van der Waals surface area contributed by atoms with Crippen LogP contribution in [-0.2, 0) is 0 Å². The average molecular weight is 203 g/mol. The zero-order valence-corrected chi connectivity index (χ0v) is 10.6. The molecule has 0 spiro atoms. The Bertz CT molecular complexity index is 127. The lowest BCUT2D eigenvalue weighted by Crippen LogP contribution is -2.31. The summed E-state index contributed by atoms with van der Waals surface area (Å²) in [7, 11) is 0. The Balaban J connectivity index is 3.73. The van der Waals surface area contributed by atoms with Gasteiger partial charge < -0.3 is 5.73 Å². The van der Waals surface area contributed by atoms with Gasteiger partial charge in [0.05, 0.1) is 0 Å². The van der Waals surface area contributed by atoms with Gasteiger partial charge in [-0.05, 0) is 23.5 Å². The van der Waals surface area contributed by atoms with Crippen molar-refractivity contribution >= 4 is 11.8 Å². The molecule has 0 saturated heterocycles. The molecule has 2 heteroatoms. The summed E-state index contributed by atoms with van der Waals surface area (Å²) in [6.07, 6.45) is 1.30. The third-order valence-corrected chi connectivity index (χ3v) is 3.97. The predicted molar refractivity (Wildman–Crippen MR) is 64.2 cm³/mol. The fraction of sp³-hybridized carbons (Fsp3) is 1.00. The number of rotatable bonds is 5. The Morgan fingerprint density at radius 1 is 1.23 bits per heavy atom. The number of thioether (sulfide) groups is 1. The Morgan fingerprint density at radius 2 is 1.77 bits per heavy atom. The summed E-state index contributed by atoms with van der Waals surface area (Å²) in [5.74, 6) is 2.06. The second-order valence-corrected chi connectivity index (χ2v) is 6.45. The topological polar surface area (TPSA) is 26.0 Å². The molecule has 0 aliphatic rings. The van der Waals surface area contributed by atoms with Crippen molar-refractivity contribution in [3.8, 4) is 0 Å². The summed E-state index contributed by atoms with van der Waals surface area (Å²) in [5.41, 5.74) is 6.10. The van der Waals surface area contributed by atoms with Crippen molar-refractivity contribution in [2.45, 2.75) is 46.3 Å². The fourth-order valence-electron chi connectivity index (χ4n) is 1.12. The summed E-state index contributed by atoms with van der Waals surface area (Å²) in [6.45, 7) is 12.2. The van der Waals surface area contributed by atoms with E-state index in [1.807, 2.05) is 11.8 Å². The molecule has 0 aliphatic carbocycles. The van der Waals surface area contributed by atoms with Crippen molar-refractivity contribution in [1.82, 2.24) is 0 Å². The molecule has 80 valence electrons. The molecule has 2 N–H and O–H groups in total. The van der Waals surface area contributed by atoms with Gasteiger partial charge in [0.25, 0.3) is 0 Å². The Kier molecular flexibility index (Phi) is 6.06. The van der Waals surface area contributed by atoms with Gasteiger partial charge in [0.15, 0.2) is 0 Å². The molecule has 0 bridgehead atoms. The lowest BCUT2D eigenvalue weighted by atomic mass is 9.92. The lowest BCUT2D eigenvalue weighted by molar-refractivity contribution is 0.398. The summed E-state index contributed by atoms with van der Waals surface area (Å²) < 4.78 is 0. The van der Waals surface area contributed by atoms with Gasteiger partial charge in [0.1, 0.15) is 0 Å². The minimum atomic E-state index is 0.344. The molecule has 0 heterocycles. The molecule has 1 atom stereocenters. The first-order valence-electron chi connectivity index (χ1n) is 5.19. The first kappa shape index (κ1) is 13.3. The van der Waals surface area contributed by atoms with E-state index in [9.17, 15) is 0 Å². The molecule has 1 nitrogen and oxygen atoms in total. The van der Waals surface area contributed by atoms with Crippen molar-refractivity contribution in [3.63, 3.8) is 0 Å². The second-order valence-electron chi connectivity index (χ2n) is 5.14. The van der Waals surface area contributed by atoms with Crippen LogP contribution < -0.4 is 5.73 Å². The third kappa shape index (κ3) is 6.39. The number of hydrogen-bond acceptors (Lipinski definition) is 2. The summed E-state index contributed by atoms with van der Waals surface area (Å²) >= 11 is 2.03. The van der Waals surface area contributed by atoms with E-state index in [1.54, 1.807) is 0 Å². The van der Waals surface area contributed by atoms with Crippen molar-refractivity contribution in [3.05, 3.63) is 0 Å². The first-order valence-corrected chi connectivity index (χ1v) is 6.24. The third-order valence-electron chi connectivity index (χ3n) is 2.19. The second kappa shape index (κ2) is 5.92. The number of hydrogen-bond donors (Lipinski definition) is 1. The molecule has 0 aromatic rings. The van der Waals surface area contributed by atoms with E-state index in [0.717, 1.165) is 12.5 Å². The van der Waals surface area contributed by atoms with E-state index in [0.29, 0.717) is 10.7 Å². The maximum atomic E-state index is 5.75. The molecule has 0 saturated carbocycles. The zero-order chi connectivity index (χ0) is 10.5. The van der Waals surface area contributed by atoms with Crippen LogP contribution >= 0.6 is 11.8 Å². The molecular weight excluding hydrogens is 178 g/mol. The molecule has 0 aliphatic heterocycles. The van der Waals surface area contributed by atoms with Gasteiger partial charge in [-0.15, -0.1) is 0 Å². The van der Waals surface area contributed by atoms with Crippen LogP contribution in [0.1, 0.15) is 41.0 Å². The van der Waals surface area contributed by atoms with Gasteiger partial charge in [-0.1, -0.05) is 34.6 Å². The Labute approximate surface area is 87.9 Å². The van der Waals surface area contributed by atoms with Gasteiger partial charge in [0.2, 0.25) is 0 Å². The Morgan fingerprint density at radius 3 is 2.08 bits per heavy atom. The monoisotopic (exact) mass is 203 g/mol. The minimum absolute atomic E-state index is 0.344. The molecule has 0 aromatic carbocycles. The van der Waals surface area contributed by atoms with Crippen molar-refractivity contribution in [2.24, 2.45) is 17.1 Å². The highest BCUT2D eigenvalue weighted by Crippen LogP contribution is 2.30. The van der Waals surface area contributed by atoms with E-state index in [4.69, 9.17) is 5.73 Å². The molecule has 0 radical (unpaired) electrons. The van der Waals surface area contributed by atoms with Crippen LogP contribution in [0.4, 0.5) is 0 Å². The van der Waals surface area contributed by atoms with E-state index < -0.39 is 0 Å². The standard InChI is InChI=1S/C11H25NS/c1-9(2)6-7-13-10(8-12)11(3,4)5/h9-10H,6-8,12H2,1-5H3. The largest absolute Gasteiger partial charge is 0.329 e. The fourth-order valence-corrected chi connectivity index (χ4v) is 2.65. The summed E-state index contributed by atoms with van der Waals surface area (Å²) in [5, 5.41) is 0.603. The van der Waals surface area contributed by atoms with Gasteiger partial charge in [-0.2, -0.15) is 11.8 Å². The van der Waals surface area contributed by atoms with Crippen molar-refractivity contribution in [2.75, 3.05) is 12.3 Å². The molecular formula is C11H25NS. The lowest BCUT2D eigenvalue weighted by Gasteiger charge is -2.29. The summed E-state index contributed by atoms with van der Waals surface area (Å²) in [4.78, 5) is 0. The number of nitrogens with two attached hydrogens (primary N) is 1. The molecule has 0 amide bonds. The smallest absolute Gasteiger partial charge is 0.0218 e. The maximum Gasteiger partial charge on any atom is 0.0218 e. The molecule has 0 aromatic heterocycles. The van der Waals surface area contributed by atoms with Crippen LogP contribution in [0, 0.1) is 11.3 Å². The summed E-state index contributed by atoms with van der Waals surface area (Å²) in [6, 6.07) is 0. The highest BCUT2D eigenvalue weighted by molar-refractivity contribution is 7.99. The normalized spacial score (nSPS) is 15.0. The highest BCUT2D eigenvalue weighted by Gasteiger charge is 2.23. The van der Waals surface area contributed by atoms with E-state index in [2.05, 4.69) is 34.6 Å². The van der Waals surface area contributed by atoms with Crippen molar-refractivity contribution in [1.29, 1.82) is 0 Å². The molecule has 13 heavy (non-hydrogen) atoms. The molecule has 0 fully saturated rings. The minimum Gasteiger partial charge on any atom is -0.329 e. The van der Waals surface area contributed by atoms with Gasteiger partial charge in [0, 0.05) is 11.8 Å². The van der Waals surface area contributed by atoms with Crippen LogP contribution in [-0.4, -0.2) is 17.5 Å². The average Bonchev–Trinajstić information content (AvgIpc) is 1.95. The molecule has 1 unspecified atom stereocenters. The van der Waals surface area contributed by atoms with E-state index >= 15 is 0 Å². The van der Waals surface area contributed by atoms with Crippen LogP contribution in [0.15, 0.2) is 0 Å². The van der Waals surface area contributed by atoms with Gasteiger partial charge in [-0.3, -0.25) is 0 Å². The molecule has 0 rings (SSSR count). The van der Waals surface area contributed by atoms with Crippen LogP contribution in [0.25, 0.3) is 0 Å². The van der Waals surface area contributed by atoms with Crippen LogP contribution in [0.2, 0.25) is 0 Å². The van der Waals surface area contributed by atoms with Gasteiger partial charge in [-0.25, -0.2) is 0 Å². The quantitative estimate of drug-likeness (QED) is 0.743. The van der Waals surface area contributed by atoms with E-state index in [-0.39, 0.29) is 0 Å². The first-order chi connectivity index (χ1) is 5.88. The van der Waals surface area contributed by atoms with Crippen molar-refractivity contribution < 1.29 is 0 Å². The van der Waals surface area contributed by atoms with Crippen LogP contribution in [0.3, 0.4) is 0 Å². The maximum absolute atomic E-state index is 5.75. The van der Waals surface area contributed by atoms with Gasteiger partial charge >= 0.3 is 0 Å². The highest BCUT2D eigenvalue weighted by atomic mass is 32.2. The SMILES string of the molecule is CC(C)CCSC(CN)C(C)(C)C. The van der Waals surface area contributed by atoms with Crippen LogP contribution in [0.5, 0.6) is 0 Å². The predicted octanol–water partition coefficient (Wildman–Crippen LogP) is 3.14.